The first-order valence-corrected chi connectivity index (χ1v) is 7.77. The van der Waals surface area contributed by atoms with Crippen LogP contribution >= 0.6 is 11.3 Å². The average Bonchev–Trinajstić information content (AvgIpc) is 3.08. The normalized spacial score (nSPS) is 30.6. The number of amides is 1. The van der Waals surface area contributed by atoms with Crippen molar-refractivity contribution < 1.29 is 9.53 Å². The number of nitrogens with zero attached hydrogens (tertiary/aromatic N) is 1. The van der Waals surface area contributed by atoms with E-state index < -0.39 is 0 Å². The van der Waals surface area contributed by atoms with E-state index in [1.54, 1.807) is 10.9 Å². The third-order valence-corrected chi connectivity index (χ3v) is 4.52. The van der Waals surface area contributed by atoms with Crippen LogP contribution in [0.2, 0.25) is 0 Å². The fourth-order valence-corrected chi connectivity index (χ4v) is 3.46. The average molecular weight is 281 g/mol. The first-order chi connectivity index (χ1) is 9.27. The maximum absolute atomic E-state index is 11.8. The molecule has 6 heteroatoms. The van der Waals surface area contributed by atoms with Gasteiger partial charge >= 0.3 is 0 Å². The molecule has 0 aliphatic carbocycles. The summed E-state index contributed by atoms with van der Waals surface area (Å²) >= 11 is 1.43. The third-order valence-electron chi connectivity index (χ3n) is 3.93. The van der Waals surface area contributed by atoms with Gasteiger partial charge in [-0.1, -0.05) is 0 Å². The van der Waals surface area contributed by atoms with Crippen LogP contribution in [0.25, 0.3) is 0 Å². The Morgan fingerprint density at radius 3 is 3.32 bits per heavy atom. The fraction of sp³-hybridized carbons (Fsp3) is 0.692. The Balaban J connectivity index is 1.51. The summed E-state index contributed by atoms with van der Waals surface area (Å²) in [7, 11) is 0. The molecular weight excluding hydrogens is 262 g/mol. The predicted molar refractivity (Wildman–Crippen MR) is 73.4 cm³/mol. The molecule has 3 heterocycles. The van der Waals surface area contributed by atoms with Crippen molar-refractivity contribution in [2.24, 2.45) is 0 Å². The number of carbonyl (C=O) groups is 1. The molecule has 2 N–H and O–H groups in total. The Kier molecular flexibility index (Phi) is 3.81. The van der Waals surface area contributed by atoms with Crippen molar-refractivity contribution in [3.8, 4) is 0 Å². The highest BCUT2D eigenvalue weighted by molar-refractivity contribution is 7.07. The Hall–Kier alpha value is -0.980. The number of nitrogens with one attached hydrogen (secondary N) is 2. The molecule has 0 unspecified atom stereocenters. The van der Waals surface area contributed by atoms with Gasteiger partial charge < -0.3 is 15.4 Å². The Labute approximate surface area is 116 Å². The molecule has 19 heavy (non-hydrogen) atoms. The van der Waals surface area contributed by atoms with Gasteiger partial charge in [0.2, 0.25) is 0 Å². The fourth-order valence-electron chi connectivity index (χ4n) is 2.92. The van der Waals surface area contributed by atoms with Crippen molar-refractivity contribution in [1.29, 1.82) is 0 Å². The lowest BCUT2D eigenvalue weighted by Crippen LogP contribution is -2.46. The van der Waals surface area contributed by atoms with Gasteiger partial charge in [0.05, 0.1) is 17.2 Å². The number of hydrogen-bond acceptors (Lipinski definition) is 5. The molecule has 3 rings (SSSR count). The van der Waals surface area contributed by atoms with Gasteiger partial charge in [0, 0.05) is 18.5 Å². The highest BCUT2D eigenvalue weighted by Gasteiger charge is 2.39. The monoisotopic (exact) mass is 281 g/mol. The number of thiazole rings is 1. The lowest BCUT2D eigenvalue weighted by molar-refractivity contribution is -0.114. The largest absolute Gasteiger partial charge is 0.369 e. The van der Waals surface area contributed by atoms with Crippen molar-refractivity contribution >= 4 is 17.2 Å². The minimum atomic E-state index is -0.103. The Morgan fingerprint density at radius 1 is 1.63 bits per heavy atom. The molecule has 0 saturated carbocycles. The van der Waals surface area contributed by atoms with Crippen molar-refractivity contribution in [2.45, 2.75) is 37.4 Å². The summed E-state index contributed by atoms with van der Waals surface area (Å²) < 4.78 is 6.21. The van der Waals surface area contributed by atoms with Crippen molar-refractivity contribution in [2.75, 3.05) is 19.6 Å². The van der Waals surface area contributed by atoms with E-state index in [2.05, 4.69) is 15.6 Å². The van der Waals surface area contributed by atoms with Crippen LogP contribution in [0.4, 0.5) is 0 Å². The zero-order valence-electron chi connectivity index (χ0n) is 10.9. The minimum Gasteiger partial charge on any atom is -0.369 e. The van der Waals surface area contributed by atoms with E-state index in [9.17, 15) is 4.79 Å². The Bertz CT molecular complexity index is 429. The summed E-state index contributed by atoms with van der Waals surface area (Å²) in [6.45, 7) is 2.57. The second-order valence-electron chi connectivity index (χ2n) is 5.33. The summed E-state index contributed by atoms with van der Waals surface area (Å²) in [6.07, 6.45) is 4.56. The molecular formula is C13H19N3O2S. The summed E-state index contributed by atoms with van der Waals surface area (Å²) in [5.74, 6) is -0.103. The molecule has 0 radical (unpaired) electrons. The quantitative estimate of drug-likeness (QED) is 0.873. The molecule has 0 bridgehead atoms. The van der Waals surface area contributed by atoms with E-state index in [0.717, 1.165) is 32.4 Å². The van der Waals surface area contributed by atoms with Crippen molar-refractivity contribution in [3.63, 3.8) is 0 Å². The van der Waals surface area contributed by atoms with E-state index in [4.69, 9.17) is 4.74 Å². The van der Waals surface area contributed by atoms with Gasteiger partial charge in [-0.2, -0.15) is 0 Å². The minimum absolute atomic E-state index is 0.0221. The van der Waals surface area contributed by atoms with Crippen molar-refractivity contribution in [1.82, 2.24) is 15.6 Å². The maximum atomic E-state index is 11.8. The van der Waals surface area contributed by atoms with Gasteiger partial charge in [-0.3, -0.25) is 4.79 Å². The smallest absolute Gasteiger partial charge is 0.270 e. The van der Waals surface area contributed by atoms with Gasteiger partial charge in [0.15, 0.2) is 0 Å². The molecule has 1 aromatic rings. The number of rotatable bonds is 3. The second kappa shape index (κ2) is 5.56. The molecule has 2 fully saturated rings. The third kappa shape index (κ3) is 2.96. The molecule has 1 spiro atoms. The number of carbonyl (C=O) groups excluding carboxylic acids is 1. The van der Waals surface area contributed by atoms with E-state index in [-0.39, 0.29) is 17.6 Å². The summed E-state index contributed by atoms with van der Waals surface area (Å²) in [5.41, 5.74) is 2.19. The highest BCUT2D eigenvalue weighted by Crippen LogP contribution is 2.33. The van der Waals surface area contributed by atoms with Crippen LogP contribution in [-0.4, -0.2) is 42.2 Å². The molecule has 104 valence electrons. The highest BCUT2D eigenvalue weighted by atomic mass is 32.1. The standard InChI is InChI=1S/C13H19N3O2S/c17-12(11-7-19-9-16-11)15-6-10-2-1-3-13(18-10)4-5-14-8-13/h7,9-10,14H,1-6,8H2,(H,15,17)/t10-,13+/m0/s1. The van der Waals surface area contributed by atoms with E-state index >= 15 is 0 Å². The predicted octanol–water partition coefficient (Wildman–Crippen LogP) is 1.17. The van der Waals surface area contributed by atoms with Gasteiger partial charge in [-0.25, -0.2) is 4.98 Å². The van der Waals surface area contributed by atoms with E-state index in [1.165, 1.54) is 17.8 Å². The summed E-state index contributed by atoms with van der Waals surface area (Å²) in [5, 5.41) is 8.05. The maximum Gasteiger partial charge on any atom is 0.270 e. The molecule has 0 aromatic carbocycles. The van der Waals surface area contributed by atoms with Gasteiger partial charge in [-0.05, 0) is 32.2 Å². The number of ether oxygens (including phenoxy) is 1. The molecule has 5 nitrogen and oxygen atoms in total. The SMILES string of the molecule is O=C(NC[C@@H]1CCC[C@]2(CCNC2)O1)c1cscn1. The lowest BCUT2D eigenvalue weighted by atomic mass is 9.90. The van der Waals surface area contributed by atoms with E-state index in [1.807, 2.05) is 0 Å². The molecule has 1 amide bonds. The summed E-state index contributed by atoms with van der Waals surface area (Å²) in [4.78, 5) is 15.8. The van der Waals surface area contributed by atoms with E-state index in [0.29, 0.717) is 12.2 Å². The van der Waals surface area contributed by atoms with Crippen LogP contribution in [0.1, 0.15) is 36.2 Å². The number of hydrogen-bond donors (Lipinski definition) is 2. The molecule has 2 atom stereocenters. The first-order valence-electron chi connectivity index (χ1n) is 6.82. The lowest BCUT2D eigenvalue weighted by Gasteiger charge is -2.38. The second-order valence-corrected chi connectivity index (χ2v) is 6.04. The zero-order valence-corrected chi connectivity index (χ0v) is 11.7. The topological polar surface area (TPSA) is 63.2 Å². The van der Waals surface area contributed by atoms with Crippen LogP contribution in [0.15, 0.2) is 10.9 Å². The first kappa shape index (κ1) is 13.0. The van der Waals surface area contributed by atoms with Crippen LogP contribution in [0, 0.1) is 0 Å². The molecule has 2 aliphatic rings. The van der Waals surface area contributed by atoms with Crippen LogP contribution in [0.3, 0.4) is 0 Å². The van der Waals surface area contributed by atoms with Crippen LogP contribution < -0.4 is 10.6 Å². The zero-order chi connectivity index (χ0) is 13.1. The van der Waals surface area contributed by atoms with Crippen LogP contribution in [0.5, 0.6) is 0 Å². The van der Waals surface area contributed by atoms with Crippen molar-refractivity contribution in [3.05, 3.63) is 16.6 Å². The molecule has 2 aliphatic heterocycles. The van der Waals surface area contributed by atoms with Gasteiger partial charge in [0.25, 0.3) is 5.91 Å². The van der Waals surface area contributed by atoms with Gasteiger partial charge in [-0.15, -0.1) is 11.3 Å². The van der Waals surface area contributed by atoms with Crippen LogP contribution in [-0.2, 0) is 4.74 Å². The molecule has 2 saturated heterocycles. The number of aromatic nitrogens is 1. The summed E-state index contributed by atoms with van der Waals surface area (Å²) in [6, 6.07) is 0. The molecule has 1 aromatic heterocycles. The van der Waals surface area contributed by atoms with Gasteiger partial charge in [0.1, 0.15) is 5.69 Å². The Morgan fingerprint density at radius 2 is 2.58 bits per heavy atom.